The van der Waals surface area contributed by atoms with Gasteiger partial charge in [-0.3, -0.25) is 4.90 Å². The Morgan fingerprint density at radius 2 is 2.00 bits per heavy atom. The molecule has 19 heavy (non-hydrogen) atoms. The molecule has 0 aromatic carbocycles. The van der Waals surface area contributed by atoms with Gasteiger partial charge >= 0.3 is 0 Å². The minimum Gasteiger partial charge on any atom is -0.377 e. The fourth-order valence-corrected chi connectivity index (χ4v) is 3.42. The van der Waals surface area contributed by atoms with Crippen molar-refractivity contribution in [1.82, 2.24) is 10.2 Å². The second-order valence-electron chi connectivity index (χ2n) is 6.37. The monoisotopic (exact) mass is 268 g/mol. The largest absolute Gasteiger partial charge is 0.377 e. The molecule has 1 heterocycles. The lowest BCUT2D eigenvalue weighted by Crippen LogP contribution is -2.56. The molecule has 112 valence electrons. The molecule has 1 saturated carbocycles. The third-order valence-corrected chi connectivity index (χ3v) is 4.70. The van der Waals surface area contributed by atoms with E-state index in [1.807, 2.05) is 0 Å². The summed E-state index contributed by atoms with van der Waals surface area (Å²) in [4.78, 5) is 2.61. The van der Waals surface area contributed by atoms with E-state index in [4.69, 9.17) is 4.74 Å². The van der Waals surface area contributed by atoms with Crippen LogP contribution in [0.25, 0.3) is 0 Å². The minimum atomic E-state index is 0.554. The summed E-state index contributed by atoms with van der Waals surface area (Å²) in [6.45, 7) is 8.97. The molecule has 2 unspecified atom stereocenters. The highest BCUT2D eigenvalue weighted by atomic mass is 16.5. The molecule has 1 aliphatic heterocycles. The first kappa shape index (κ1) is 15.3. The predicted octanol–water partition coefficient (Wildman–Crippen LogP) is 2.80. The second kappa shape index (κ2) is 8.23. The number of hydrogen-bond donors (Lipinski definition) is 1. The van der Waals surface area contributed by atoms with Crippen molar-refractivity contribution in [3.05, 3.63) is 0 Å². The lowest BCUT2D eigenvalue weighted by molar-refractivity contribution is 0.00520. The van der Waals surface area contributed by atoms with Crippen molar-refractivity contribution in [2.45, 2.75) is 77.0 Å². The fourth-order valence-electron chi connectivity index (χ4n) is 3.42. The molecule has 3 heteroatoms. The maximum atomic E-state index is 6.07. The summed E-state index contributed by atoms with van der Waals surface area (Å²) in [5.41, 5.74) is 0. The molecule has 0 aromatic rings. The van der Waals surface area contributed by atoms with Gasteiger partial charge in [0.2, 0.25) is 0 Å². The predicted molar refractivity (Wildman–Crippen MR) is 80.6 cm³/mol. The third kappa shape index (κ3) is 5.05. The number of nitrogens with one attached hydrogen (secondary N) is 1. The van der Waals surface area contributed by atoms with Gasteiger partial charge in [-0.15, -0.1) is 0 Å². The highest BCUT2D eigenvalue weighted by molar-refractivity contribution is 4.83. The molecule has 0 aromatic heterocycles. The summed E-state index contributed by atoms with van der Waals surface area (Å²) >= 11 is 0. The van der Waals surface area contributed by atoms with Gasteiger partial charge in [0.25, 0.3) is 0 Å². The lowest BCUT2D eigenvalue weighted by Gasteiger charge is -2.39. The number of ether oxygens (including phenoxy) is 1. The van der Waals surface area contributed by atoms with Crippen LogP contribution in [0.4, 0.5) is 0 Å². The van der Waals surface area contributed by atoms with E-state index < -0.39 is 0 Å². The summed E-state index contributed by atoms with van der Waals surface area (Å²) in [6, 6.07) is 1.35. The van der Waals surface area contributed by atoms with Crippen LogP contribution in [0.3, 0.4) is 0 Å². The first-order valence-corrected chi connectivity index (χ1v) is 8.38. The summed E-state index contributed by atoms with van der Waals surface area (Å²) in [7, 11) is 0. The van der Waals surface area contributed by atoms with Crippen LogP contribution in [0, 0.1) is 0 Å². The molecule has 1 saturated heterocycles. The molecule has 3 nitrogen and oxygen atoms in total. The molecule has 2 rings (SSSR count). The molecule has 2 aliphatic rings. The van der Waals surface area contributed by atoms with Gasteiger partial charge in [-0.25, -0.2) is 0 Å². The average molecular weight is 268 g/mol. The average Bonchev–Trinajstić information content (AvgIpc) is 2.44. The molecular formula is C16H32N2O. The summed E-state index contributed by atoms with van der Waals surface area (Å²) in [6.07, 6.45) is 9.85. The third-order valence-electron chi connectivity index (χ3n) is 4.70. The van der Waals surface area contributed by atoms with E-state index in [9.17, 15) is 0 Å². The van der Waals surface area contributed by atoms with E-state index in [0.717, 1.165) is 19.7 Å². The standard InChI is InChI=1S/C16H32N2O/c1-3-7-15-13-18(14(2)12-17-15)10-11-19-16-8-5-4-6-9-16/h14-17H,3-13H2,1-2H3. The van der Waals surface area contributed by atoms with Crippen LogP contribution < -0.4 is 5.32 Å². The van der Waals surface area contributed by atoms with Crippen LogP contribution in [0.5, 0.6) is 0 Å². The quantitative estimate of drug-likeness (QED) is 0.801. The number of nitrogens with zero attached hydrogens (tertiary/aromatic N) is 1. The second-order valence-corrected chi connectivity index (χ2v) is 6.37. The topological polar surface area (TPSA) is 24.5 Å². The van der Waals surface area contributed by atoms with E-state index in [-0.39, 0.29) is 0 Å². The molecule has 0 amide bonds. The Morgan fingerprint density at radius 1 is 1.21 bits per heavy atom. The normalized spacial score (nSPS) is 30.6. The molecule has 1 aliphatic carbocycles. The maximum Gasteiger partial charge on any atom is 0.0597 e. The van der Waals surface area contributed by atoms with Crippen LogP contribution >= 0.6 is 0 Å². The van der Waals surface area contributed by atoms with Gasteiger partial charge in [-0.2, -0.15) is 0 Å². The van der Waals surface area contributed by atoms with E-state index in [2.05, 4.69) is 24.1 Å². The summed E-state index contributed by atoms with van der Waals surface area (Å²) in [5.74, 6) is 0. The van der Waals surface area contributed by atoms with Gasteiger partial charge in [0, 0.05) is 31.7 Å². The van der Waals surface area contributed by atoms with Crippen molar-refractivity contribution in [3.8, 4) is 0 Å². The first-order valence-electron chi connectivity index (χ1n) is 8.38. The van der Waals surface area contributed by atoms with Gasteiger partial charge < -0.3 is 10.1 Å². The van der Waals surface area contributed by atoms with Crippen molar-refractivity contribution in [3.63, 3.8) is 0 Å². The fraction of sp³-hybridized carbons (Fsp3) is 1.00. The number of piperazine rings is 1. The Kier molecular flexibility index (Phi) is 6.62. The molecule has 0 spiro atoms. The molecule has 2 atom stereocenters. The van der Waals surface area contributed by atoms with Crippen molar-refractivity contribution in [2.75, 3.05) is 26.2 Å². The zero-order valence-electron chi connectivity index (χ0n) is 12.9. The molecule has 0 bridgehead atoms. The Hall–Kier alpha value is -0.120. The van der Waals surface area contributed by atoms with Crippen molar-refractivity contribution in [2.24, 2.45) is 0 Å². The zero-order valence-corrected chi connectivity index (χ0v) is 12.9. The van der Waals surface area contributed by atoms with E-state index in [1.165, 1.54) is 51.5 Å². The molecule has 0 radical (unpaired) electrons. The van der Waals surface area contributed by atoms with Gasteiger partial charge in [0.15, 0.2) is 0 Å². The zero-order chi connectivity index (χ0) is 13.5. The van der Waals surface area contributed by atoms with Crippen molar-refractivity contribution >= 4 is 0 Å². The van der Waals surface area contributed by atoms with Crippen LogP contribution in [0.2, 0.25) is 0 Å². The van der Waals surface area contributed by atoms with Gasteiger partial charge in [-0.1, -0.05) is 32.6 Å². The van der Waals surface area contributed by atoms with Gasteiger partial charge in [0.05, 0.1) is 12.7 Å². The summed E-state index contributed by atoms with van der Waals surface area (Å²) < 4.78 is 6.07. The Morgan fingerprint density at radius 3 is 2.74 bits per heavy atom. The SMILES string of the molecule is CCCC1CN(CCOC2CCCCC2)C(C)CN1. The van der Waals surface area contributed by atoms with Crippen LogP contribution in [-0.2, 0) is 4.74 Å². The maximum absolute atomic E-state index is 6.07. The van der Waals surface area contributed by atoms with E-state index in [0.29, 0.717) is 18.2 Å². The summed E-state index contributed by atoms with van der Waals surface area (Å²) in [5, 5.41) is 3.66. The van der Waals surface area contributed by atoms with Crippen LogP contribution in [0.15, 0.2) is 0 Å². The van der Waals surface area contributed by atoms with Crippen molar-refractivity contribution < 1.29 is 4.74 Å². The number of hydrogen-bond acceptors (Lipinski definition) is 3. The van der Waals surface area contributed by atoms with Crippen LogP contribution in [-0.4, -0.2) is 49.3 Å². The van der Waals surface area contributed by atoms with Gasteiger partial charge in [-0.05, 0) is 26.2 Å². The van der Waals surface area contributed by atoms with Gasteiger partial charge in [0.1, 0.15) is 0 Å². The van der Waals surface area contributed by atoms with E-state index in [1.54, 1.807) is 0 Å². The molecule has 1 N–H and O–H groups in total. The van der Waals surface area contributed by atoms with Crippen LogP contribution in [0.1, 0.15) is 58.8 Å². The number of rotatable bonds is 6. The highest BCUT2D eigenvalue weighted by Gasteiger charge is 2.24. The Balaban J connectivity index is 1.65. The smallest absolute Gasteiger partial charge is 0.0597 e. The minimum absolute atomic E-state index is 0.554. The molecule has 2 fully saturated rings. The van der Waals surface area contributed by atoms with Crippen molar-refractivity contribution in [1.29, 1.82) is 0 Å². The molecular weight excluding hydrogens is 236 g/mol. The first-order chi connectivity index (χ1) is 9.29. The Labute approximate surface area is 119 Å². The highest BCUT2D eigenvalue weighted by Crippen LogP contribution is 2.20. The Bertz CT molecular complexity index is 241. The lowest BCUT2D eigenvalue weighted by atomic mass is 9.98. The van der Waals surface area contributed by atoms with E-state index >= 15 is 0 Å².